The van der Waals surface area contributed by atoms with Crippen molar-refractivity contribution in [2.45, 2.75) is 12.5 Å². The van der Waals surface area contributed by atoms with Gasteiger partial charge in [0.15, 0.2) is 0 Å². The molecule has 1 aromatic carbocycles. The molecule has 138 valence electrons. The summed E-state index contributed by atoms with van der Waals surface area (Å²) in [5.74, 6) is 0.233. The van der Waals surface area contributed by atoms with E-state index in [-0.39, 0.29) is 24.2 Å². The molecule has 1 aliphatic rings. The average molecular weight is 381 g/mol. The smallest absolute Gasteiger partial charge is 0.228 e. The van der Waals surface area contributed by atoms with Gasteiger partial charge in [0, 0.05) is 29.9 Å². The van der Waals surface area contributed by atoms with Gasteiger partial charge < -0.3 is 14.7 Å². The topological polar surface area (TPSA) is 75.6 Å². The number of aromatic hydroxyl groups is 1. The quantitative estimate of drug-likeness (QED) is 0.752. The Morgan fingerprint density at radius 2 is 2.26 bits per heavy atom. The molecule has 1 fully saturated rings. The lowest BCUT2D eigenvalue weighted by atomic mass is 10.1. The summed E-state index contributed by atoms with van der Waals surface area (Å²) in [7, 11) is 0. The standard InChI is InChI=1S/C20H19N3O3S/c24-17-5-1-3-14(9-17)18-12-23(7-8-26-18)19(25)10-16-13-27-20(22-16)15-4-2-6-21-11-15/h1-6,9,11,13,18,24H,7-8,10,12H2. The van der Waals surface area contributed by atoms with Crippen molar-refractivity contribution in [3.63, 3.8) is 0 Å². The van der Waals surface area contributed by atoms with Gasteiger partial charge in [-0.1, -0.05) is 12.1 Å². The van der Waals surface area contributed by atoms with Gasteiger partial charge in [-0.3, -0.25) is 9.78 Å². The first-order valence-corrected chi connectivity index (χ1v) is 9.60. The van der Waals surface area contributed by atoms with Crippen LogP contribution in [-0.2, 0) is 16.0 Å². The Hall–Kier alpha value is -2.77. The maximum absolute atomic E-state index is 12.7. The van der Waals surface area contributed by atoms with Crippen LogP contribution in [0.25, 0.3) is 10.6 Å². The minimum atomic E-state index is -0.226. The van der Waals surface area contributed by atoms with Gasteiger partial charge in [0.2, 0.25) is 5.91 Å². The molecule has 27 heavy (non-hydrogen) atoms. The van der Waals surface area contributed by atoms with E-state index in [0.29, 0.717) is 19.7 Å². The lowest BCUT2D eigenvalue weighted by molar-refractivity contribution is -0.138. The third-order valence-corrected chi connectivity index (χ3v) is 5.39. The van der Waals surface area contributed by atoms with E-state index < -0.39 is 0 Å². The molecular weight excluding hydrogens is 362 g/mol. The zero-order chi connectivity index (χ0) is 18.6. The first-order valence-electron chi connectivity index (χ1n) is 8.72. The highest BCUT2D eigenvalue weighted by Crippen LogP contribution is 2.26. The van der Waals surface area contributed by atoms with Gasteiger partial charge in [-0.05, 0) is 29.8 Å². The van der Waals surface area contributed by atoms with E-state index in [1.807, 2.05) is 23.6 Å². The predicted octanol–water partition coefficient (Wildman–Crippen LogP) is 3.05. The molecule has 7 heteroatoms. The molecular formula is C20H19N3O3S. The van der Waals surface area contributed by atoms with Crippen LogP contribution in [0.2, 0.25) is 0 Å². The molecule has 3 heterocycles. The van der Waals surface area contributed by atoms with E-state index in [0.717, 1.165) is 21.8 Å². The monoisotopic (exact) mass is 381 g/mol. The van der Waals surface area contributed by atoms with E-state index in [1.165, 1.54) is 11.3 Å². The first kappa shape index (κ1) is 17.6. The van der Waals surface area contributed by atoms with Gasteiger partial charge >= 0.3 is 0 Å². The van der Waals surface area contributed by atoms with E-state index in [4.69, 9.17) is 4.74 Å². The molecule has 0 bridgehead atoms. The van der Waals surface area contributed by atoms with Crippen LogP contribution in [0.4, 0.5) is 0 Å². The number of rotatable bonds is 4. The summed E-state index contributed by atoms with van der Waals surface area (Å²) in [6, 6.07) is 10.8. The highest BCUT2D eigenvalue weighted by atomic mass is 32.1. The van der Waals surface area contributed by atoms with Crippen molar-refractivity contribution < 1.29 is 14.6 Å². The van der Waals surface area contributed by atoms with Gasteiger partial charge in [-0.15, -0.1) is 11.3 Å². The van der Waals surface area contributed by atoms with Crippen molar-refractivity contribution in [3.05, 3.63) is 65.4 Å². The van der Waals surface area contributed by atoms with Crippen molar-refractivity contribution in [2.24, 2.45) is 0 Å². The number of ether oxygens (including phenoxy) is 1. The Morgan fingerprint density at radius 1 is 1.33 bits per heavy atom. The zero-order valence-corrected chi connectivity index (χ0v) is 15.4. The van der Waals surface area contributed by atoms with Crippen LogP contribution in [0, 0.1) is 0 Å². The summed E-state index contributed by atoms with van der Waals surface area (Å²) in [6.07, 6.45) is 3.54. The van der Waals surface area contributed by atoms with Gasteiger partial charge in [0.05, 0.1) is 25.3 Å². The van der Waals surface area contributed by atoms with Crippen LogP contribution in [0.3, 0.4) is 0 Å². The van der Waals surface area contributed by atoms with Crippen LogP contribution in [0.1, 0.15) is 17.4 Å². The number of phenolic OH excluding ortho intramolecular Hbond substituents is 1. The second-order valence-electron chi connectivity index (χ2n) is 6.36. The van der Waals surface area contributed by atoms with Crippen LogP contribution in [-0.4, -0.2) is 45.6 Å². The molecule has 1 N–H and O–H groups in total. The number of nitrogens with zero attached hydrogens (tertiary/aromatic N) is 3. The third kappa shape index (κ3) is 4.15. The lowest BCUT2D eigenvalue weighted by Crippen LogP contribution is -2.43. The number of morpholine rings is 1. The van der Waals surface area contributed by atoms with Crippen molar-refractivity contribution in [3.8, 4) is 16.3 Å². The molecule has 0 radical (unpaired) electrons. The fourth-order valence-corrected chi connectivity index (χ4v) is 3.89. The summed E-state index contributed by atoms with van der Waals surface area (Å²) in [5, 5.41) is 12.5. The van der Waals surface area contributed by atoms with Gasteiger partial charge in [-0.2, -0.15) is 0 Å². The van der Waals surface area contributed by atoms with Gasteiger partial charge in [-0.25, -0.2) is 4.98 Å². The Morgan fingerprint density at radius 3 is 3.07 bits per heavy atom. The SMILES string of the molecule is O=C(Cc1csc(-c2cccnc2)n1)N1CCOC(c2cccc(O)c2)C1. The molecule has 0 spiro atoms. The fraction of sp³-hybridized carbons (Fsp3) is 0.250. The maximum atomic E-state index is 12.7. The average Bonchev–Trinajstić information content (AvgIpc) is 3.17. The summed E-state index contributed by atoms with van der Waals surface area (Å²) < 4.78 is 5.79. The molecule has 1 amide bonds. The summed E-state index contributed by atoms with van der Waals surface area (Å²) >= 11 is 1.52. The number of aromatic nitrogens is 2. The largest absolute Gasteiger partial charge is 0.508 e. The number of benzene rings is 1. The minimum Gasteiger partial charge on any atom is -0.508 e. The lowest BCUT2D eigenvalue weighted by Gasteiger charge is -2.33. The number of carbonyl (C=O) groups excluding carboxylic acids is 1. The molecule has 1 saturated heterocycles. The summed E-state index contributed by atoms with van der Waals surface area (Å²) in [5.41, 5.74) is 2.60. The number of hydrogen-bond donors (Lipinski definition) is 1. The van der Waals surface area contributed by atoms with Crippen molar-refractivity contribution >= 4 is 17.2 Å². The Kier molecular flexibility index (Phi) is 5.13. The zero-order valence-electron chi connectivity index (χ0n) is 14.6. The van der Waals surface area contributed by atoms with E-state index >= 15 is 0 Å². The number of thiazole rings is 1. The van der Waals surface area contributed by atoms with E-state index in [2.05, 4.69) is 9.97 Å². The molecule has 6 nitrogen and oxygen atoms in total. The predicted molar refractivity (Wildman–Crippen MR) is 102 cm³/mol. The number of pyridine rings is 1. The molecule has 1 aliphatic heterocycles. The van der Waals surface area contributed by atoms with Gasteiger partial charge in [0.1, 0.15) is 16.9 Å². The number of phenols is 1. The fourth-order valence-electron chi connectivity index (χ4n) is 3.08. The van der Waals surface area contributed by atoms with Gasteiger partial charge in [0.25, 0.3) is 0 Å². The number of amides is 1. The van der Waals surface area contributed by atoms with Crippen molar-refractivity contribution in [1.29, 1.82) is 0 Å². The highest BCUT2D eigenvalue weighted by Gasteiger charge is 2.26. The number of carbonyl (C=O) groups is 1. The van der Waals surface area contributed by atoms with Crippen LogP contribution in [0.15, 0.2) is 54.2 Å². The molecule has 2 aromatic heterocycles. The molecule has 1 atom stereocenters. The first-order chi connectivity index (χ1) is 13.2. The Bertz CT molecular complexity index is 929. The highest BCUT2D eigenvalue weighted by molar-refractivity contribution is 7.13. The minimum absolute atomic E-state index is 0.0338. The Labute approximate surface area is 161 Å². The molecule has 1 unspecified atom stereocenters. The second kappa shape index (κ2) is 7.85. The summed E-state index contributed by atoms with van der Waals surface area (Å²) in [6.45, 7) is 1.51. The van der Waals surface area contributed by atoms with E-state index in [1.54, 1.807) is 35.5 Å². The third-order valence-electron chi connectivity index (χ3n) is 4.45. The van der Waals surface area contributed by atoms with E-state index in [9.17, 15) is 9.90 Å². The molecule has 0 saturated carbocycles. The summed E-state index contributed by atoms with van der Waals surface area (Å²) in [4.78, 5) is 23.2. The van der Waals surface area contributed by atoms with Crippen LogP contribution in [0.5, 0.6) is 5.75 Å². The number of hydrogen-bond acceptors (Lipinski definition) is 6. The van der Waals surface area contributed by atoms with Crippen LogP contribution < -0.4 is 0 Å². The normalized spacial score (nSPS) is 17.0. The maximum Gasteiger partial charge on any atom is 0.228 e. The van der Waals surface area contributed by atoms with Crippen LogP contribution >= 0.6 is 11.3 Å². The van der Waals surface area contributed by atoms with Crippen molar-refractivity contribution in [2.75, 3.05) is 19.7 Å². The Balaban J connectivity index is 1.42. The second-order valence-corrected chi connectivity index (χ2v) is 7.21. The molecule has 3 aromatic rings. The van der Waals surface area contributed by atoms with Crippen molar-refractivity contribution in [1.82, 2.24) is 14.9 Å². The molecule has 0 aliphatic carbocycles. The molecule has 4 rings (SSSR count).